The molecular formula is C26H22F3N5O2. The number of aliphatic hydroxyl groups excluding tert-OH is 1. The zero-order chi connectivity index (χ0) is 25.7. The number of hydrogen-bond donors (Lipinski definition) is 2. The minimum atomic E-state index is -4.43. The van der Waals surface area contributed by atoms with Gasteiger partial charge in [0.1, 0.15) is 5.54 Å². The van der Waals surface area contributed by atoms with E-state index in [2.05, 4.69) is 15.3 Å². The third-order valence-electron chi connectivity index (χ3n) is 6.27. The molecule has 5 aromatic rings. The molecule has 0 radical (unpaired) electrons. The SMILES string of the molecule is Cn1cnc2c1c1cc(C(=O)N[C@](C)(CO)c3ccccn3)ccc1n2-c1ccc(C(F)(F)F)cc1. The van der Waals surface area contributed by atoms with Crippen LogP contribution in [0.25, 0.3) is 27.8 Å². The molecule has 1 atom stereocenters. The number of imidazole rings is 1. The molecule has 10 heteroatoms. The van der Waals surface area contributed by atoms with Crippen molar-refractivity contribution >= 4 is 28.0 Å². The third kappa shape index (κ3) is 3.89. The Morgan fingerprint density at radius 1 is 1.06 bits per heavy atom. The molecule has 0 fully saturated rings. The minimum absolute atomic E-state index is 0.353. The fourth-order valence-corrected chi connectivity index (χ4v) is 4.33. The number of hydrogen-bond acceptors (Lipinski definition) is 4. The maximum Gasteiger partial charge on any atom is 0.416 e. The summed E-state index contributed by atoms with van der Waals surface area (Å²) in [5.74, 6) is -0.406. The van der Waals surface area contributed by atoms with Crippen LogP contribution in [-0.4, -0.2) is 36.7 Å². The van der Waals surface area contributed by atoms with Crippen LogP contribution < -0.4 is 5.32 Å². The van der Waals surface area contributed by atoms with Gasteiger partial charge in [0.15, 0.2) is 5.65 Å². The summed E-state index contributed by atoms with van der Waals surface area (Å²) in [4.78, 5) is 21.9. The summed E-state index contributed by atoms with van der Waals surface area (Å²) in [6, 6.07) is 15.2. The second-order valence-electron chi connectivity index (χ2n) is 8.80. The molecule has 5 rings (SSSR count). The van der Waals surface area contributed by atoms with E-state index >= 15 is 0 Å². The molecule has 0 bridgehead atoms. The number of aliphatic hydroxyl groups is 1. The average Bonchev–Trinajstić information content (AvgIpc) is 3.41. The number of nitrogens with one attached hydrogen (secondary N) is 1. The number of rotatable bonds is 5. The van der Waals surface area contributed by atoms with Crippen LogP contribution in [0.1, 0.15) is 28.5 Å². The number of carbonyl (C=O) groups excluding carboxylic acids is 1. The molecule has 3 heterocycles. The molecular weight excluding hydrogens is 471 g/mol. The van der Waals surface area contributed by atoms with Gasteiger partial charge in [-0.15, -0.1) is 0 Å². The van der Waals surface area contributed by atoms with E-state index in [1.54, 1.807) is 65.0 Å². The highest BCUT2D eigenvalue weighted by Crippen LogP contribution is 2.34. The Balaban J connectivity index is 1.58. The van der Waals surface area contributed by atoms with Crippen molar-refractivity contribution in [2.24, 2.45) is 7.05 Å². The van der Waals surface area contributed by atoms with Crippen molar-refractivity contribution in [2.75, 3.05) is 6.61 Å². The first kappa shape index (κ1) is 23.6. The van der Waals surface area contributed by atoms with Gasteiger partial charge in [0.2, 0.25) is 0 Å². The Labute approximate surface area is 203 Å². The van der Waals surface area contributed by atoms with E-state index in [-0.39, 0.29) is 6.61 Å². The van der Waals surface area contributed by atoms with Crippen LogP contribution in [0, 0.1) is 0 Å². The molecule has 2 N–H and O–H groups in total. The van der Waals surface area contributed by atoms with E-state index in [1.165, 1.54) is 12.1 Å². The Morgan fingerprint density at radius 2 is 1.81 bits per heavy atom. The van der Waals surface area contributed by atoms with Crippen LogP contribution >= 0.6 is 0 Å². The largest absolute Gasteiger partial charge is 0.416 e. The van der Waals surface area contributed by atoms with Gasteiger partial charge in [0, 0.05) is 29.9 Å². The highest BCUT2D eigenvalue weighted by Gasteiger charge is 2.31. The van der Waals surface area contributed by atoms with Crippen LogP contribution in [0.3, 0.4) is 0 Å². The van der Waals surface area contributed by atoms with Crippen LogP contribution in [0.4, 0.5) is 13.2 Å². The zero-order valence-electron chi connectivity index (χ0n) is 19.4. The Bertz CT molecular complexity index is 1570. The van der Waals surface area contributed by atoms with Crippen molar-refractivity contribution in [3.8, 4) is 5.69 Å². The van der Waals surface area contributed by atoms with Gasteiger partial charge >= 0.3 is 6.18 Å². The summed E-state index contributed by atoms with van der Waals surface area (Å²) in [5.41, 5.74) is 1.53. The quantitative estimate of drug-likeness (QED) is 0.376. The Kier molecular flexibility index (Phi) is 5.55. The maximum atomic E-state index is 13.2. The molecule has 0 spiro atoms. The molecule has 184 valence electrons. The highest BCUT2D eigenvalue weighted by molar-refractivity contribution is 6.09. The standard InChI is InChI=1S/C26H22F3N5O2/c1-25(14-35,21-5-3-4-12-30-21)32-24(36)16-6-11-20-19(13-16)22-23(31-15-33(22)2)34(20)18-9-7-17(8-10-18)26(27,28)29/h3-13,15,35H,14H2,1-2H3,(H,32,36)/t25-/m1/s1. The summed E-state index contributed by atoms with van der Waals surface area (Å²) in [7, 11) is 1.81. The number of carbonyl (C=O) groups is 1. The Hall–Kier alpha value is -4.18. The summed E-state index contributed by atoms with van der Waals surface area (Å²) < 4.78 is 42.7. The monoisotopic (exact) mass is 493 g/mol. The smallest absolute Gasteiger partial charge is 0.394 e. The molecule has 0 unspecified atom stereocenters. The van der Waals surface area contributed by atoms with Crippen molar-refractivity contribution in [1.29, 1.82) is 0 Å². The van der Waals surface area contributed by atoms with Gasteiger partial charge in [-0.25, -0.2) is 4.98 Å². The van der Waals surface area contributed by atoms with Crippen molar-refractivity contribution in [1.82, 2.24) is 24.4 Å². The predicted molar refractivity (Wildman–Crippen MR) is 129 cm³/mol. The molecule has 0 aliphatic heterocycles. The van der Waals surface area contributed by atoms with Gasteiger partial charge in [-0.1, -0.05) is 6.07 Å². The van der Waals surface area contributed by atoms with Crippen molar-refractivity contribution in [3.63, 3.8) is 0 Å². The van der Waals surface area contributed by atoms with Crippen molar-refractivity contribution in [2.45, 2.75) is 18.6 Å². The average molecular weight is 493 g/mol. The van der Waals surface area contributed by atoms with Crippen LogP contribution in [-0.2, 0) is 18.8 Å². The molecule has 0 aliphatic rings. The normalized spacial score (nSPS) is 13.7. The fourth-order valence-electron chi connectivity index (χ4n) is 4.33. The van der Waals surface area contributed by atoms with E-state index in [9.17, 15) is 23.1 Å². The van der Waals surface area contributed by atoms with E-state index in [0.717, 1.165) is 17.6 Å². The molecule has 0 saturated heterocycles. The number of alkyl halides is 3. The van der Waals surface area contributed by atoms with Gasteiger partial charge in [-0.2, -0.15) is 13.2 Å². The lowest BCUT2D eigenvalue weighted by Gasteiger charge is -2.28. The second-order valence-corrected chi connectivity index (χ2v) is 8.80. The molecule has 0 saturated carbocycles. The molecule has 1 amide bonds. The number of nitrogens with zero attached hydrogens (tertiary/aromatic N) is 4. The first-order valence-electron chi connectivity index (χ1n) is 11.1. The molecule has 0 aliphatic carbocycles. The lowest BCUT2D eigenvalue weighted by atomic mass is 9.97. The van der Waals surface area contributed by atoms with Crippen LogP contribution in [0.15, 0.2) is 73.2 Å². The number of halogens is 3. The molecule has 36 heavy (non-hydrogen) atoms. The van der Waals surface area contributed by atoms with E-state index in [0.29, 0.717) is 33.5 Å². The predicted octanol–water partition coefficient (Wildman–Crippen LogP) is 4.57. The van der Waals surface area contributed by atoms with Gasteiger partial charge in [0.25, 0.3) is 5.91 Å². The lowest BCUT2D eigenvalue weighted by Crippen LogP contribution is -2.46. The van der Waals surface area contributed by atoms with Gasteiger partial charge in [-0.05, 0) is 61.5 Å². The first-order valence-corrected chi connectivity index (χ1v) is 11.1. The van der Waals surface area contributed by atoms with E-state index in [1.807, 2.05) is 7.05 Å². The second kappa shape index (κ2) is 8.49. The third-order valence-corrected chi connectivity index (χ3v) is 6.27. The summed E-state index contributed by atoms with van der Waals surface area (Å²) in [5, 5.41) is 13.6. The number of fused-ring (bicyclic) bond motifs is 3. The van der Waals surface area contributed by atoms with Gasteiger partial charge < -0.3 is 15.0 Å². The van der Waals surface area contributed by atoms with Gasteiger partial charge in [-0.3, -0.25) is 14.3 Å². The molecule has 7 nitrogen and oxygen atoms in total. The number of aryl methyl sites for hydroxylation is 1. The number of pyridine rings is 1. The van der Waals surface area contributed by atoms with E-state index < -0.39 is 23.2 Å². The summed E-state index contributed by atoms with van der Waals surface area (Å²) in [6.45, 7) is 1.33. The Morgan fingerprint density at radius 3 is 2.44 bits per heavy atom. The highest BCUT2D eigenvalue weighted by atomic mass is 19.4. The first-order chi connectivity index (χ1) is 17.1. The van der Waals surface area contributed by atoms with Gasteiger partial charge in [0.05, 0.1) is 35.2 Å². The summed E-state index contributed by atoms with van der Waals surface area (Å²) in [6.07, 6.45) is -1.23. The van der Waals surface area contributed by atoms with E-state index in [4.69, 9.17) is 0 Å². The zero-order valence-corrected chi connectivity index (χ0v) is 19.4. The van der Waals surface area contributed by atoms with Crippen molar-refractivity contribution in [3.05, 3.63) is 90.0 Å². The van der Waals surface area contributed by atoms with Crippen LogP contribution in [0.2, 0.25) is 0 Å². The minimum Gasteiger partial charge on any atom is -0.394 e. The topological polar surface area (TPSA) is 85.0 Å². The fraction of sp³-hybridized carbons (Fsp3) is 0.192. The number of aromatic nitrogens is 4. The molecule has 2 aromatic carbocycles. The lowest BCUT2D eigenvalue weighted by molar-refractivity contribution is -0.137. The van der Waals surface area contributed by atoms with Crippen LogP contribution in [0.5, 0.6) is 0 Å². The molecule has 3 aromatic heterocycles. The summed E-state index contributed by atoms with van der Waals surface area (Å²) >= 11 is 0. The number of amides is 1. The number of benzene rings is 2. The maximum absolute atomic E-state index is 13.2. The van der Waals surface area contributed by atoms with Crippen molar-refractivity contribution < 1.29 is 23.1 Å².